The first kappa shape index (κ1) is 14.3. The van der Waals surface area contributed by atoms with Crippen LogP contribution >= 0.6 is 0 Å². The van der Waals surface area contributed by atoms with Gasteiger partial charge in [-0.15, -0.1) is 0 Å². The average molecular weight is 242 g/mol. The maximum atomic E-state index is 10.8. The predicted molar refractivity (Wildman–Crippen MR) is 49.9 cm³/mol. The van der Waals surface area contributed by atoms with Gasteiger partial charge in [0, 0.05) is 13.0 Å². The van der Waals surface area contributed by atoms with Crippen molar-refractivity contribution in [2.75, 3.05) is 13.2 Å². The lowest BCUT2D eigenvalue weighted by Gasteiger charge is -2.20. The lowest BCUT2D eigenvalue weighted by atomic mass is 9.98. The van der Waals surface area contributed by atoms with Gasteiger partial charge in [-0.1, -0.05) is 0 Å². The minimum Gasteiger partial charge on any atom is -0.481 e. The number of carboxylic acid groups (broad SMARTS) is 1. The van der Waals surface area contributed by atoms with E-state index in [-0.39, 0.29) is 6.42 Å². The molecule has 0 aliphatic carbocycles. The highest BCUT2D eigenvalue weighted by Gasteiger charge is 2.32. The van der Waals surface area contributed by atoms with E-state index in [1.165, 1.54) is 0 Å². The highest BCUT2D eigenvalue weighted by Crippen LogP contribution is 2.19. The van der Waals surface area contributed by atoms with Crippen LogP contribution in [0.4, 0.5) is 0 Å². The number of hydrogen-bond donors (Lipinski definition) is 4. The number of aliphatic hydroxyl groups excluding tert-OH is 2. The Balaban J connectivity index is 4.77. The lowest BCUT2D eigenvalue weighted by Crippen LogP contribution is -2.34. The second-order valence-corrected chi connectivity index (χ2v) is 4.74. The number of carbonyl (C=O) groups is 1. The van der Waals surface area contributed by atoms with Gasteiger partial charge in [0.05, 0.1) is 6.61 Å². The number of aliphatic hydroxyl groups is 2. The van der Waals surface area contributed by atoms with Crippen molar-refractivity contribution in [3.05, 3.63) is 0 Å². The van der Waals surface area contributed by atoms with Crippen LogP contribution in [0.3, 0.4) is 0 Å². The Morgan fingerprint density at radius 1 is 1.27 bits per heavy atom. The summed E-state index contributed by atoms with van der Waals surface area (Å²) in [5.74, 6) is -2.26. The molecule has 90 valence electrons. The van der Waals surface area contributed by atoms with Gasteiger partial charge < -0.3 is 15.3 Å². The number of carboxylic acids is 1. The van der Waals surface area contributed by atoms with Gasteiger partial charge in [-0.2, -0.15) is 8.42 Å². The Kier molecular flexibility index (Phi) is 5.73. The first-order valence-corrected chi connectivity index (χ1v) is 5.73. The summed E-state index contributed by atoms with van der Waals surface area (Å²) >= 11 is 0. The molecule has 0 amide bonds. The maximum Gasteiger partial charge on any atom is 0.303 e. The van der Waals surface area contributed by atoms with Gasteiger partial charge >= 0.3 is 5.97 Å². The first-order valence-electron chi connectivity index (χ1n) is 4.22. The van der Waals surface area contributed by atoms with Gasteiger partial charge in [-0.25, -0.2) is 0 Å². The van der Waals surface area contributed by atoms with Crippen LogP contribution in [0.5, 0.6) is 0 Å². The molecule has 0 saturated heterocycles. The van der Waals surface area contributed by atoms with Crippen molar-refractivity contribution in [3.8, 4) is 0 Å². The molecular formula is C7H14O7S. The molecule has 0 aromatic heterocycles. The molecule has 0 radical (unpaired) electrons. The normalized spacial score (nSPS) is 15.9. The molecular weight excluding hydrogens is 228 g/mol. The molecule has 0 aliphatic heterocycles. The van der Waals surface area contributed by atoms with E-state index < -0.39 is 46.9 Å². The van der Waals surface area contributed by atoms with Gasteiger partial charge in [-0.05, 0) is 12.3 Å². The van der Waals surface area contributed by atoms with Crippen molar-refractivity contribution in [2.45, 2.75) is 18.1 Å². The Morgan fingerprint density at radius 3 is 2.07 bits per heavy atom. The summed E-state index contributed by atoms with van der Waals surface area (Å²) in [7, 11) is -4.51. The molecule has 0 aliphatic rings. The molecule has 0 bridgehead atoms. The lowest BCUT2D eigenvalue weighted by molar-refractivity contribution is -0.138. The number of rotatable bonds is 7. The van der Waals surface area contributed by atoms with Crippen LogP contribution in [0.1, 0.15) is 12.8 Å². The third kappa shape index (κ3) is 5.07. The van der Waals surface area contributed by atoms with Crippen molar-refractivity contribution >= 4 is 16.1 Å². The fraction of sp³-hybridized carbons (Fsp3) is 0.857. The average Bonchev–Trinajstić information content (AvgIpc) is 2.01. The fourth-order valence-electron chi connectivity index (χ4n) is 1.30. The van der Waals surface area contributed by atoms with Crippen LogP contribution in [0.2, 0.25) is 0 Å². The van der Waals surface area contributed by atoms with E-state index >= 15 is 0 Å². The highest BCUT2D eigenvalue weighted by molar-refractivity contribution is 7.86. The van der Waals surface area contributed by atoms with Gasteiger partial charge in [0.15, 0.2) is 0 Å². The molecule has 4 N–H and O–H groups in total. The molecule has 2 atom stereocenters. The van der Waals surface area contributed by atoms with Crippen LogP contribution in [0.15, 0.2) is 0 Å². The van der Waals surface area contributed by atoms with Crippen molar-refractivity contribution in [1.29, 1.82) is 0 Å². The van der Waals surface area contributed by atoms with Crippen LogP contribution in [-0.2, 0) is 14.9 Å². The maximum absolute atomic E-state index is 10.8. The minimum absolute atomic E-state index is 0.114. The van der Waals surface area contributed by atoms with Crippen LogP contribution in [0, 0.1) is 5.92 Å². The van der Waals surface area contributed by atoms with E-state index in [0.29, 0.717) is 0 Å². The van der Waals surface area contributed by atoms with E-state index in [4.69, 9.17) is 19.9 Å². The molecule has 7 nitrogen and oxygen atoms in total. The number of hydrogen-bond acceptors (Lipinski definition) is 5. The van der Waals surface area contributed by atoms with Gasteiger partial charge in [0.25, 0.3) is 10.1 Å². The van der Waals surface area contributed by atoms with E-state index in [1.54, 1.807) is 0 Å². The van der Waals surface area contributed by atoms with E-state index in [0.717, 1.165) is 0 Å². The van der Waals surface area contributed by atoms with Gasteiger partial charge in [0.1, 0.15) is 5.25 Å². The summed E-state index contributed by atoms with van der Waals surface area (Å²) in [5.41, 5.74) is 0. The summed E-state index contributed by atoms with van der Waals surface area (Å²) < 4.78 is 30.3. The summed E-state index contributed by atoms with van der Waals surface area (Å²) in [6.07, 6.45) is -0.650. The Labute approximate surface area is 87.1 Å². The molecule has 15 heavy (non-hydrogen) atoms. The Bertz CT molecular complexity index is 296. The zero-order valence-electron chi connectivity index (χ0n) is 7.90. The first-order chi connectivity index (χ1) is 6.82. The van der Waals surface area contributed by atoms with Gasteiger partial charge in [0.2, 0.25) is 0 Å². The summed E-state index contributed by atoms with van der Waals surface area (Å²) in [5, 5.41) is 24.3. The number of aliphatic carboxylic acids is 1. The molecule has 0 aromatic carbocycles. The minimum atomic E-state index is -4.51. The molecule has 8 heteroatoms. The zero-order chi connectivity index (χ0) is 12.1. The van der Waals surface area contributed by atoms with Crippen LogP contribution in [-0.4, -0.2) is 52.7 Å². The Hall–Kier alpha value is -0.700. The van der Waals surface area contributed by atoms with Crippen LogP contribution in [0.25, 0.3) is 0 Å². The molecule has 0 saturated carbocycles. The summed E-state index contributed by atoms with van der Waals surface area (Å²) in [4.78, 5) is 10.4. The molecule has 0 rings (SSSR count). The summed E-state index contributed by atoms with van der Waals surface area (Å²) in [6, 6.07) is 0. The van der Waals surface area contributed by atoms with Crippen molar-refractivity contribution in [3.63, 3.8) is 0 Å². The van der Waals surface area contributed by atoms with E-state index in [2.05, 4.69) is 0 Å². The highest BCUT2D eigenvalue weighted by atomic mass is 32.2. The van der Waals surface area contributed by atoms with Crippen molar-refractivity contribution in [2.24, 2.45) is 5.92 Å². The molecule has 0 heterocycles. The SMILES string of the molecule is O=C(O)CC(CCO)C(CO)S(=O)(=O)O. The molecule has 0 fully saturated rings. The third-order valence-electron chi connectivity index (χ3n) is 2.03. The monoisotopic (exact) mass is 242 g/mol. The second-order valence-electron chi connectivity index (χ2n) is 3.11. The van der Waals surface area contributed by atoms with Crippen molar-refractivity contribution in [1.82, 2.24) is 0 Å². The summed E-state index contributed by atoms with van der Waals surface area (Å²) in [6.45, 7) is -1.29. The van der Waals surface area contributed by atoms with E-state index in [1.807, 2.05) is 0 Å². The quantitative estimate of drug-likeness (QED) is 0.408. The third-order valence-corrected chi connectivity index (χ3v) is 3.32. The smallest absolute Gasteiger partial charge is 0.303 e. The second kappa shape index (κ2) is 6.01. The Morgan fingerprint density at radius 2 is 1.80 bits per heavy atom. The largest absolute Gasteiger partial charge is 0.481 e. The fourth-order valence-corrected chi connectivity index (χ4v) is 2.20. The molecule has 2 unspecified atom stereocenters. The topological polar surface area (TPSA) is 132 Å². The molecule has 0 aromatic rings. The molecule has 0 spiro atoms. The van der Waals surface area contributed by atoms with Crippen LogP contribution < -0.4 is 0 Å². The van der Waals surface area contributed by atoms with Gasteiger partial charge in [-0.3, -0.25) is 9.35 Å². The van der Waals surface area contributed by atoms with Crippen molar-refractivity contribution < 1.29 is 33.1 Å². The van der Waals surface area contributed by atoms with E-state index in [9.17, 15) is 13.2 Å². The zero-order valence-corrected chi connectivity index (χ0v) is 8.72. The predicted octanol–water partition coefficient (Wildman–Crippen LogP) is -1.29. The standard InChI is InChI=1S/C7H14O7S/c8-2-1-5(3-7(10)11)6(4-9)15(12,13)14/h5-6,8-9H,1-4H2,(H,10,11)(H,12,13,14).